The molecule has 0 spiro atoms. The first kappa shape index (κ1) is 18.5. The molecule has 2 aromatic heterocycles. The lowest BCUT2D eigenvalue weighted by molar-refractivity contribution is 0.0698. The zero-order chi connectivity index (χ0) is 20.1. The third-order valence-electron chi connectivity index (χ3n) is 7.10. The molecule has 2 aliphatic rings. The van der Waals surface area contributed by atoms with Gasteiger partial charge >= 0.3 is 0 Å². The Labute approximate surface area is 170 Å². The first-order valence-electron chi connectivity index (χ1n) is 11.0. The highest BCUT2D eigenvalue weighted by atomic mass is 16.2. The Hall–Kier alpha value is -2.56. The molecule has 152 valence electrons. The number of likely N-dealkylation sites (tertiary alicyclic amines) is 1. The van der Waals surface area contributed by atoms with Crippen molar-refractivity contribution < 1.29 is 4.79 Å². The number of piperidine rings is 1. The van der Waals surface area contributed by atoms with E-state index >= 15 is 0 Å². The third kappa shape index (κ3) is 2.90. The molecule has 0 unspecified atom stereocenters. The van der Waals surface area contributed by atoms with E-state index in [4.69, 9.17) is 0 Å². The van der Waals surface area contributed by atoms with Crippen molar-refractivity contribution in [2.24, 2.45) is 13.0 Å². The Balaban J connectivity index is 1.76. The van der Waals surface area contributed by atoms with Crippen LogP contribution in [0.5, 0.6) is 0 Å². The first-order chi connectivity index (χ1) is 14.1. The van der Waals surface area contributed by atoms with Crippen LogP contribution >= 0.6 is 0 Å². The molecule has 0 radical (unpaired) electrons. The van der Waals surface area contributed by atoms with Crippen LogP contribution in [0.15, 0.2) is 35.3 Å². The van der Waals surface area contributed by atoms with E-state index in [1.54, 1.807) is 0 Å². The maximum atomic E-state index is 13.7. The van der Waals surface area contributed by atoms with Crippen molar-refractivity contribution in [1.82, 2.24) is 14.0 Å². The minimum absolute atomic E-state index is 0.0365. The molecule has 1 saturated heterocycles. The topological polar surface area (TPSA) is 47.2 Å². The highest BCUT2D eigenvalue weighted by Gasteiger charge is 2.28. The van der Waals surface area contributed by atoms with Crippen LogP contribution in [-0.4, -0.2) is 33.0 Å². The van der Waals surface area contributed by atoms with E-state index in [-0.39, 0.29) is 17.5 Å². The van der Waals surface area contributed by atoms with Gasteiger partial charge in [-0.05, 0) is 37.7 Å². The first-order valence-corrected chi connectivity index (χ1v) is 11.0. The molecule has 1 aliphatic heterocycles. The summed E-state index contributed by atoms with van der Waals surface area (Å²) in [6, 6.07) is 8.25. The van der Waals surface area contributed by atoms with Crippen LogP contribution in [0.4, 0.5) is 0 Å². The van der Waals surface area contributed by atoms with Crippen molar-refractivity contribution in [3.63, 3.8) is 0 Å². The molecule has 1 aliphatic carbocycles. The Morgan fingerprint density at radius 1 is 1.03 bits per heavy atom. The van der Waals surface area contributed by atoms with Crippen molar-refractivity contribution >= 4 is 27.7 Å². The van der Waals surface area contributed by atoms with Crippen molar-refractivity contribution in [2.45, 2.75) is 51.5 Å². The number of rotatable bonds is 2. The fraction of sp³-hybridized carbons (Fsp3) is 0.500. The van der Waals surface area contributed by atoms with Gasteiger partial charge < -0.3 is 14.0 Å². The number of fused-ring (bicyclic) bond motifs is 3. The summed E-state index contributed by atoms with van der Waals surface area (Å²) in [5.41, 5.74) is 2.40. The van der Waals surface area contributed by atoms with Crippen LogP contribution in [0.1, 0.15) is 61.8 Å². The van der Waals surface area contributed by atoms with Crippen molar-refractivity contribution in [3.05, 3.63) is 46.4 Å². The average Bonchev–Trinajstić information content (AvgIpc) is 3.36. The molecule has 29 heavy (non-hydrogen) atoms. The SMILES string of the molecule is CC1CCN(C(=O)c2cn(C3CCCC3)c(=O)c3c2c2ccccc2n3C)CC1. The number of para-hydroxylation sites is 1. The van der Waals surface area contributed by atoms with E-state index in [9.17, 15) is 9.59 Å². The summed E-state index contributed by atoms with van der Waals surface area (Å²) in [5.74, 6) is 0.745. The van der Waals surface area contributed by atoms with Gasteiger partial charge in [0.1, 0.15) is 5.52 Å². The predicted molar refractivity (Wildman–Crippen MR) is 116 cm³/mol. The minimum Gasteiger partial charge on any atom is -0.339 e. The van der Waals surface area contributed by atoms with Gasteiger partial charge in [0.25, 0.3) is 11.5 Å². The lowest BCUT2D eigenvalue weighted by Gasteiger charge is -2.31. The summed E-state index contributed by atoms with van der Waals surface area (Å²) < 4.78 is 3.85. The molecule has 2 fully saturated rings. The highest BCUT2D eigenvalue weighted by molar-refractivity contribution is 6.17. The number of hydrogen-bond donors (Lipinski definition) is 0. The predicted octanol–water partition coefficient (Wildman–Crippen LogP) is 4.48. The lowest BCUT2D eigenvalue weighted by Crippen LogP contribution is -2.38. The van der Waals surface area contributed by atoms with Gasteiger partial charge in [0, 0.05) is 48.7 Å². The van der Waals surface area contributed by atoms with Crippen LogP contribution in [-0.2, 0) is 7.05 Å². The van der Waals surface area contributed by atoms with Crippen LogP contribution < -0.4 is 5.56 Å². The van der Waals surface area contributed by atoms with E-state index in [0.29, 0.717) is 17.0 Å². The monoisotopic (exact) mass is 391 g/mol. The van der Waals surface area contributed by atoms with E-state index in [2.05, 4.69) is 6.92 Å². The quantitative estimate of drug-likeness (QED) is 0.647. The summed E-state index contributed by atoms with van der Waals surface area (Å²) in [6.45, 7) is 3.86. The zero-order valence-electron chi connectivity index (χ0n) is 17.4. The molecule has 3 aromatic rings. The smallest absolute Gasteiger partial charge is 0.275 e. The molecule has 0 bridgehead atoms. The van der Waals surface area contributed by atoms with Gasteiger partial charge in [0.2, 0.25) is 0 Å². The number of carbonyl (C=O) groups excluding carboxylic acids is 1. The molecule has 5 rings (SSSR count). The summed E-state index contributed by atoms with van der Waals surface area (Å²) in [4.78, 5) is 29.2. The molecular weight excluding hydrogens is 362 g/mol. The third-order valence-corrected chi connectivity index (χ3v) is 7.10. The van der Waals surface area contributed by atoms with Crippen molar-refractivity contribution in [1.29, 1.82) is 0 Å². The fourth-order valence-corrected chi connectivity index (χ4v) is 5.30. The standard InChI is InChI=1S/C24H29N3O2/c1-16-11-13-26(14-12-16)23(28)19-15-27(17-7-3-4-8-17)24(29)22-21(19)18-9-5-6-10-20(18)25(22)2/h5-6,9-10,15-17H,3-4,7-8,11-14H2,1-2H3. The number of pyridine rings is 1. The number of benzene rings is 1. The van der Waals surface area contributed by atoms with Crippen molar-refractivity contribution in [2.75, 3.05) is 13.1 Å². The van der Waals surface area contributed by atoms with Gasteiger partial charge in [-0.15, -0.1) is 0 Å². The molecular formula is C24H29N3O2. The Morgan fingerprint density at radius 3 is 2.45 bits per heavy atom. The summed E-state index contributed by atoms with van der Waals surface area (Å²) in [7, 11) is 1.95. The molecule has 5 heteroatoms. The number of aromatic nitrogens is 2. The fourth-order valence-electron chi connectivity index (χ4n) is 5.30. The largest absolute Gasteiger partial charge is 0.339 e. The summed E-state index contributed by atoms with van der Waals surface area (Å²) in [5, 5.41) is 1.82. The number of amides is 1. The number of carbonyl (C=O) groups is 1. The molecule has 0 atom stereocenters. The van der Waals surface area contributed by atoms with Crippen LogP contribution in [0.25, 0.3) is 21.8 Å². The van der Waals surface area contributed by atoms with Gasteiger partial charge in [-0.25, -0.2) is 0 Å². The zero-order valence-corrected chi connectivity index (χ0v) is 17.4. The lowest BCUT2D eigenvalue weighted by atomic mass is 9.98. The maximum absolute atomic E-state index is 13.7. The van der Waals surface area contributed by atoms with Gasteiger partial charge in [0.15, 0.2) is 0 Å². The second kappa shape index (κ2) is 7.05. The van der Waals surface area contributed by atoms with Crippen LogP contribution in [0.3, 0.4) is 0 Å². The number of nitrogens with zero attached hydrogens (tertiary/aromatic N) is 3. The molecule has 1 amide bonds. The summed E-state index contributed by atoms with van der Waals surface area (Å²) in [6.07, 6.45) is 8.32. The normalized spacial score (nSPS) is 18.9. The van der Waals surface area contributed by atoms with Gasteiger partial charge in [-0.2, -0.15) is 0 Å². The molecule has 3 heterocycles. The van der Waals surface area contributed by atoms with E-state index in [0.717, 1.165) is 67.9 Å². The highest BCUT2D eigenvalue weighted by Crippen LogP contribution is 2.33. The maximum Gasteiger partial charge on any atom is 0.275 e. The minimum atomic E-state index is 0.0365. The Kier molecular flexibility index (Phi) is 4.49. The average molecular weight is 392 g/mol. The van der Waals surface area contributed by atoms with Crippen LogP contribution in [0, 0.1) is 5.92 Å². The molecule has 1 saturated carbocycles. The van der Waals surface area contributed by atoms with E-state index in [1.165, 1.54) is 0 Å². The summed E-state index contributed by atoms with van der Waals surface area (Å²) >= 11 is 0. The second-order valence-electron chi connectivity index (χ2n) is 8.97. The van der Waals surface area contributed by atoms with E-state index < -0.39 is 0 Å². The second-order valence-corrected chi connectivity index (χ2v) is 8.97. The Morgan fingerprint density at radius 2 is 1.72 bits per heavy atom. The number of hydrogen-bond acceptors (Lipinski definition) is 2. The van der Waals surface area contributed by atoms with Gasteiger partial charge in [0.05, 0.1) is 5.56 Å². The van der Waals surface area contributed by atoms with Gasteiger partial charge in [-0.1, -0.05) is 38.0 Å². The molecule has 5 nitrogen and oxygen atoms in total. The molecule has 0 N–H and O–H groups in total. The van der Waals surface area contributed by atoms with E-state index in [1.807, 2.05) is 51.5 Å². The molecule has 1 aromatic carbocycles. The van der Waals surface area contributed by atoms with Crippen molar-refractivity contribution in [3.8, 4) is 0 Å². The number of aryl methyl sites for hydroxylation is 1. The Bertz CT molecular complexity index is 1140. The van der Waals surface area contributed by atoms with Crippen LogP contribution in [0.2, 0.25) is 0 Å². The van der Waals surface area contributed by atoms with Gasteiger partial charge in [-0.3, -0.25) is 9.59 Å².